The first-order valence-electron chi connectivity index (χ1n) is 4.31. The predicted molar refractivity (Wildman–Crippen MR) is 63.2 cm³/mol. The summed E-state index contributed by atoms with van der Waals surface area (Å²) in [5, 5.41) is 1.88. The van der Waals surface area contributed by atoms with Crippen LogP contribution in [0.4, 0.5) is 10.8 Å². The van der Waals surface area contributed by atoms with E-state index in [1.807, 2.05) is 0 Å². The molecule has 0 radical (unpaired) electrons. The second-order valence-corrected chi connectivity index (χ2v) is 5.43. The molecule has 0 saturated heterocycles. The largest absolute Gasteiger partial charge is 1.00 e. The molecule has 0 atom stereocenters. The van der Waals surface area contributed by atoms with Gasteiger partial charge in [-0.15, -0.1) is 0 Å². The van der Waals surface area contributed by atoms with Gasteiger partial charge in [-0.3, -0.25) is 0 Å². The molecule has 0 saturated carbocycles. The van der Waals surface area contributed by atoms with E-state index in [1.165, 1.54) is 41.8 Å². The van der Waals surface area contributed by atoms with Crippen LogP contribution in [-0.2, 0) is 10.0 Å². The first kappa shape index (κ1) is 15.1. The fourth-order valence-electron chi connectivity index (χ4n) is 1.06. The number of thiazole rings is 1. The van der Waals surface area contributed by atoms with Crippen LogP contribution in [-0.4, -0.2) is 13.4 Å². The third kappa shape index (κ3) is 4.02. The van der Waals surface area contributed by atoms with Crippen LogP contribution in [0.3, 0.4) is 0 Å². The van der Waals surface area contributed by atoms with Gasteiger partial charge in [-0.05, 0) is 29.6 Å². The summed E-state index contributed by atoms with van der Waals surface area (Å²) in [7, 11) is -3.68. The van der Waals surface area contributed by atoms with Crippen molar-refractivity contribution in [3.63, 3.8) is 0 Å². The Morgan fingerprint density at radius 1 is 1.24 bits per heavy atom. The van der Waals surface area contributed by atoms with Crippen LogP contribution in [0.1, 0.15) is 0 Å². The average Bonchev–Trinajstić information content (AvgIpc) is 2.70. The molecule has 2 rings (SSSR count). The molecule has 0 fully saturated rings. The minimum Gasteiger partial charge on any atom is -0.433 e. The molecule has 1 aromatic heterocycles. The van der Waals surface area contributed by atoms with Gasteiger partial charge >= 0.3 is 51.4 Å². The van der Waals surface area contributed by atoms with E-state index >= 15 is 0 Å². The summed E-state index contributed by atoms with van der Waals surface area (Å²) in [6.45, 7) is 0. The average molecular weight is 293 g/mol. The fraction of sp³-hybridized carbons (Fsp3) is 0. The molecule has 5 nitrogen and oxygen atoms in total. The number of rotatable bonds is 3. The maximum absolute atomic E-state index is 11.8. The smallest absolute Gasteiger partial charge is 0.433 e. The maximum Gasteiger partial charge on any atom is 1.00 e. The SMILES string of the molecule is Nc1ccc(S(=O)(=O)[N-]c2nccs2)cc1.[K+]. The minimum absolute atomic E-state index is 0. The van der Waals surface area contributed by atoms with E-state index < -0.39 is 10.0 Å². The van der Waals surface area contributed by atoms with Crippen molar-refractivity contribution in [1.82, 2.24) is 4.98 Å². The molecule has 84 valence electrons. The molecule has 0 spiro atoms. The predicted octanol–water partition coefficient (Wildman–Crippen LogP) is -0.877. The molecule has 1 aromatic carbocycles. The van der Waals surface area contributed by atoms with Crippen LogP contribution in [0.15, 0.2) is 40.7 Å². The Balaban J connectivity index is 0.00000144. The van der Waals surface area contributed by atoms with Gasteiger partial charge in [-0.1, -0.05) is 6.20 Å². The van der Waals surface area contributed by atoms with Crippen molar-refractivity contribution in [2.45, 2.75) is 4.90 Å². The molecule has 17 heavy (non-hydrogen) atoms. The Morgan fingerprint density at radius 2 is 1.88 bits per heavy atom. The summed E-state index contributed by atoms with van der Waals surface area (Å²) >= 11 is 1.17. The number of nitrogen functional groups attached to an aromatic ring is 1. The number of hydrogen-bond acceptors (Lipinski definition) is 5. The molecule has 0 aliphatic rings. The van der Waals surface area contributed by atoms with Crippen molar-refractivity contribution in [1.29, 1.82) is 0 Å². The quantitative estimate of drug-likeness (QED) is 0.588. The van der Waals surface area contributed by atoms with Gasteiger partial charge in [0.1, 0.15) is 0 Å². The van der Waals surface area contributed by atoms with E-state index in [0.717, 1.165) is 0 Å². The van der Waals surface area contributed by atoms with E-state index in [0.29, 0.717) is 5.69 Å². The van der Waals surface area contributed by atoms with Crippen LogP contribution in [0.25, 0.3) is 4.72 Å². The van der Waals surface area contributed by atoms with Crippen LogP contribution in [0, 0.1) is 0 Å². The number of nitrogens with zero attached hydrogens (tertiary/aromatic N) is 2. The molecule has 0 bridgehead atoms. The summed E-state index contributed by atoms with van der Waals surface area (Å²) in [6, 6.07) is 5.87. The van der Waals surface area contributed by atoms with Crippen molar-refractivity contribution in [3.05, 3.63) is 40.6 Å². The molecular formula is C9H8KN3O2S2. The molecule has 2 N–H and O–H groups in total. The molecule has 8 heteroatoms. The molecule has 0 unspecified atom stereocenters. The van der Waals surface area contributed by atoms with Crippen molar-refractivity contribution in [3.8, 4) is 0 Å². The Morgan fingerprint density at radius 3 is 2.41 bits per heavy atom. The normalized spacial score (nSPS) is 10.6. The number of aromatic nitrogens is 1. The second kappa shape index (κ2) is 6.28. The number of benzene rings is 1. The second-order valence-electron chi connectivity index (χ2n) is 2.95. The number of nitrogens with two attached hydrogens (primary N) is 1. The van der Waals surface area contributed by atoms with Gasteiger partial charge in [0.25, 0.3) is 0 Å². The summed E-state index contributed by atoms with van der Waals surface area (Å²) in [5.74, 6) is 0. The Kier molecular flexibility index (Phi) is 5.57. The topological polar surface area (TPSA) is 87.2 Å². The van der Waals surface area contributed by atoms with Crippen LogP contribution >= 0.6 is 11.3 Å². The first-order chi connectivity index (χ1) is 7.58. The first-order valence-corrected chi connectivity index (χ1v) is 6.63. The molecule has 1 heterocycles. The van der Waals surface area contributed by atoms with E-state index in [4.69, 9.17) is 5.73 Å². The van der Waals surface area contributed by atoms with Gasteiger partial charge in [-0.2, -0.15) is 11.3 Å². The third-order valence-corrected chi connectivity index (χ3v) is 3.86. The zero-order valence-electron chi connectivity index (χ0n) is 9.07. The zero-order chi connectivity index (χ0) is 11.6. The van der Waals surface area contributed by atoms with E-state index in [1.54, 1.807) is 5.38 Å². The van der Waals surface area contributed by atoms with Gasteiger partial charge in [0, 0.05) is 10.8 Å². The zero-order valence-corrected chi connectivity index (χ0v) is 13.8. The van der Waals surface area contributed by atoms with Crippen LogP contribution in [0.5, 0.6) is 0 Å². The molecule has 0 amide bonds. The Hall–Kier alpha value is 0.0364. The molecule has 2 aromatic rings. The number of sulfonamides is 1. The summed E-state index contributed by atoms with van der Waals surface area (Å²) in [4.78, 5) is 3.90. The van der Waals surface area contributed by atoms with Gasteiger partial charge in [0.05, 0.1) is 4.90 Å². The van der Waals surface area contributed by atoms with Crippen molar-refractivity contribution >= 4 is 32.2 Å². The fourth-order valence-corrected chi connectivity index (χ4v) is 2.73. The summed E-state index contributed by atoms with van der Waals surface area (Å²) in [5.41, 5.74) is 5.98. The van der Waals surface area contributed by atoms with E-state index in [-0.39, 0.29) is 61.4 Å². The molecule has 0 aliphatic carbocycles. The summed E-state index contributed by atoms with van der Waals surface area (Å²) < 4.78 is 27.1. The maximum atomic E-state index is 11.8. The van der Waals surface area contributed by atoms with Gasteiger partial charge < -0.3 is 15.4 Å². The number of hydrogen-bond donors (Lipinski definition) is 1. The molecular weight excluding hydrogens is 285 g/mol. The van der Waals surface area contributed by atoms with Crippen LogP contribution in [0.2, 0.25) is 0 Å². The third-order valence-electron chi connectivity index (χ3n) is 1.80. The Bertz CT molecular complexity index is 567. The van der Waals surface area contributed by atoms with Gasteiger partial charge in [0.15, 0.2) is 0 Å². The van der Waals surface area contributed by atoms with Crippen molar-refractivity contribution < 1.29 is 59.8 Å². The standard InChI is InChI=1S/C9H8N3O2S2.K/c10-7-1-3-8(4-2-7)16(13,14)12-9-11-5-6-15-9;/h1-6H,10H2;/q-1;+1. The van der Waals surface area contributed by atoms with Crippen molar-refractivity contribution in [2.24, 2.45) is 0 Å². The minimum atomic E-state index is -3.68. The van der Waals surface area contributed by atoms with Gasteiger partial charge in [-0.25, -0.2) is 8.42 Å². The monoisotopic (exact) mass is 293 g/mol. The van der Waals surface area contributed by atoms with Gasteiger partial charge in [0.2, 0.25) is 10.0 Å². The summed E-state index contributed by atoms with van der Waals surface area (Å²) in [6.07, 6.45) is 1.50. The van der Waals surface area contributed by atoms with E-state index in [9.17, 15) is 8.42 Å². The van der Waals surface area contributed by atoms with Crippen LogP contribution < -0.4 is 57.1 Å². The Labute approximate surface area is 146 Å². The molecule has 0 aliphatic heterocycles. The van der Waals surface area contributed by atoms with Crippen molar-refractivity contribution in [2.75, 3.05) is 5.73 Å². The number of anilines is 1. The van der Waals surface area contributed by atoms with E-state index in [2.05, 4.69) is 9.71 Å².